The molecule has 17 heavy (non-hydrogen) atoms. The molecular weight excluding hydrogens is 210 g/mol. The van der Waals surface area contributed by atoms with E-state index in [2.05, 4.69) is 29.3 Å². The number of likely N-dealkylation sites (N-methyl/N-ethyl adjacent to an activating group) is 1. The highest BCUT2D eigenvalue weighted by Gasteiger charge is 2.04. The first-order chi connectivity index (χ1) is 8.36. The van der Waals surface area contributed by atoms with Gasteiger partial charge in [-0.3, -0.25) is 0 Å². The fraction of sp³-hybridized carbons (Fsp3) is 0.467. The maximum atomic E-state index is 5.69. The SMILES string of the molecule is CC#CCCC(COCc1ccccc1)NC. The molecule has 0 aromatic heterocycles. The Balaban J connectivity index is 2.20. The van der Waals surface area contributed by atoms with E-state index in [1.165, 1.54) is 5.56 Å². The molecule has 0 saturated heterocycles. The lowest BCUT2D eigenvalue weighted by Gasteiger charge is -2.15. The summed E-state index contributed by atoms with van der Waals surface area (Å²) in [7, 11) is 1.97. The van der Waals surface area contributed by atoms with Crippen molar-refractivity contribution in [2.24, 2.45) is 0 Å². The molecule has 0 heterocycles. The molecule has 0 spiro atoms. The summed E-state index contributed by atoms with van der Waals surface area (Å²) in [5, 5.41) is 3.25. The molecule has 92 valence electrons. The van der Waals surface area contributed by atoms with E-state index < -0.39 is 0 Å². The van der Waals surface area contributed by atoms with Crippen LogP contribution in [0.4, 0.5) is 0 Å². The van der Waals surface area contributed by atoms with Crippen LogP contribution in [0.3, 0.4) is 0 Å². The van der Waals surface area contributed by atoms with Crippen LogP contribution in [0, 0.1) is 11.8 Å². The van der Waals surface area contributed by atoms with Crippen molar-refractivity contribution in [3.8, 4) is 11.8 Å². The van der Waals surface area contributed by atoms with Gasteiger partial charge in [0.2, 0.25) is 0 Å². The van der Waals surface area contributed by atoms with E-state index >= 15 is 0 Å². The maximum absolute atomic E-state index is 5.69. The molecular formula is C15H21NO. The van der Waals surface area contributed by atoms with Gasteiger partial charge in [0.1, 0.15) is 0 Å². The largest absolute Gasteiger partial charge is 0.375 e. The fourth-order valence-electron chi connectivity index (χ4n) is 1.58. The van der Waals surface area contributed by atoms with Crippen LogP contribution in [-0.4, -0.2) is 19.7 Å². The van der Waals surface area contributed by atoms with Crippen molar-refractivity contribution in [2.45, 2.75) is 32.4 Å². The van der Waals surface area contributed by atoms with Crippen molar-refractivity contribution in [1.29, 1.82) is 0 Å². The van der Waals surface area contributed by atoms with E-state index in [1.807, 2.05) is 32.2 Å². The Labute approximate surface area is 104 Å². The molecule has 0 radical (unpaired) electrons. The third-order valence-corrected chi connectivity index (χ3v) is 2.63. The van der Waals surface area contributed by atoms with Gasteiger partial charge in [-0.1, -0.05) is 30.3 Å². The number of benzene rings is 1. The molecule has 1 aromatic carbocycles. The second-order valence-corrected chi connectivity index (χ2v) is 3.95. The minimum absolute atomic E-state index is 0.388. The van der Waals surface area contributed by atoms with Crippen molar-refractivity contribution >= 4 is 0 Å². The lowest BCUT2D eigenvalue weighted by Crippen LogP contribution is -2.30. The van der Waals surface area contributed by atoms with Crippen LogP contribution >= 0.6 is 0 Å². The van der Waals surface area contributed by atoms with Crippen LogP contribution in [0.1, 0.15) is 25.3 Å². The molecule has 0 bridgehead atoms. The van der Waals surface area contributed by atoms with Gasteiger partial charge in [-0.05, 0) is 26.0 Å². The number of ether oxygens (including phenoxy) is 1. The molecule has 2 nitrogen and oxygen atoms in total. The summed E-state index contributed by atoms with van der Waals surface area (Å²) >= 11 is 0. The third kappa shape index (κ3) is 6.11. The Morgan fingerprint density at radius 1 is 1.29 bits per heavy atom. The van der Waals surface area contributed by atoms with E-state index in [-0.39, 0.29) is 0 Å². The first-order valence-corrected chi connectivity index (χ1v) is 6.05. The Hall–Kier alpha value is -1.30. The van der Waals surface area contributed by atoms with Crippen molar-refractivity contribution in [1.82, 2.24) is 5.32 Å². The van der Waals surface area contributed by atoms with E-state index in [9.17, 15) is 0 Å². The first-order valence-electron chi connectivity index (χ1n) is 6.05. The van der Waals surface area contributed by atoms with Gasteiger partial charge in [-0.15, -0.1) is 11.8 Å². The van der Waals surface area contributed by atoms with Gasteiger partial charge in [-0.2, -0.15) is 0 Å². The van der Waals surface area contributed by atoms with Crippen molar-refractivity contribution < 1.29 is 4.74 Å². The molecule has 1 aromatic rings. The predicted octanol–water partition coefficient (Wildman–Crippen LogP) is 2.59. The van der Waals surface area contributed by atoms with E-state index in [0.717, 1.165) is 19.4 Å². The molecule has 1 atom stereocenters. The molecule has 1 rings (SSSR count). The minimum atomic E-state index is 0.388. The second kappa shape index (κ2) is 8.81. The summed E-state index contributed by atoms with van der Waals surface area (Å²) in [4.78, 5) is 0. The summed E-state index contributed by atoms with van der Waals surface area (Å²) in [5.74, 6) is 5.99. The number of hydrogen-bond donors (Lipinski definition) is 1. The maximum Gasteiger partial charge on any atom is 0.0717 e. The van der Waals surface area contributed by atoms with Crippen molar-refractivity contribution in [3.05, 3.63) is 35.9 Å². The average molecular weight is 231 g/mol. The van der Waals surface area contributed by atoms with Crippen molar-refractivity contribution in [3.63, 3.8) is 0 Å². The topological polar surface area (TPSA) is 21.3 Å². The number of nitrogens with one attached hydrogen (secondary N) is 1. The van der Waals surface area contributed by atoms with Crippen LogP contribution in [0.15, 0.2) is 30.3 Å². The zero-order valence-corrected chi connectivity index (χ0v) is 10.7. The normalized spacial score (nSPS) is 11.6. The van der Waals surface area contributed by atoms with Gasteiger partial charge in [0, 0.05) is 12.5 Å². The summed E-state index contributed by atoms with van der Waals surface area (Å²) in [6, 6.07) is 10.6. The molecule has 0 amide bonds. The van der Waals surface area contributed by atoms with E-state index in [0.29, 0.717) is 12.6 Å². The number of rotatable bonds is 7. The Morgan fingerprint density at radius 3 is 2.71 bits per heavy atom. The monoisotopic (exact) mass is 231 g/mol. The van der Waals surface area contributed by atoms with Crippen LogP contribution in [0.25, 0.3) is 0 Å². The predicted molar refractivity (Wildman–Crippen MR) is 71.6 cm³/mol. The third-order valence-electron chi connectivity index (χ3n) is 2.63. The zero-order chi connectivity index (χ0) is 12.3. The average Bonchev–Trinajstić information content (AvgIpc) is 2.38. The standard InChI is InChI=1S/C15H21NO/c1-3-4-6-11-15(16-2)13-17-12-14-9-7-5-8-10-14/h5,7-10,15-16H,6,11-13H2,1-2H3. The lowest BCUT2D eigenvalue weighted by molar-refractivity contribution is 0.0987. The Bertz CT molecular complexity index is 350. The van der Waals surface area contributed by atoms with Gasteiger partial charge in [0.15, 0.2) is 0 Å². The minimum Gasteiger partial charge on any atom is -0.375 e. The lowest BCUT2D eigenvalue weighted by atomic mass is 10.2. The summed E-state index contributed by atoms with van der Waals surface area (Å²) in [6.45, 7) is 3.29. The van der Waals surface area contributed by atoms with Gasteiger partial charge in [0.05, 0.1) is 13.2 Å². The quantitative estimate of drug-likeness (QED) is 0.728. The Morgan fingerprint density at radius 2 is 2.06 bits per heavy atom. The summed E-state index contributed by atoms with van der Waals surface area (Å²) < 4.78 is 5.69. The fourth-order valence-corrected chi connectivity index (χ4v) is 1.58. The van der Waals surface area contributed by atoms with Crippen LogP contribution < -0.4 is 5.32 Å². The molecule has 0 saturated carbocycles. The van der Waals surface area contributed by atoms with Gasteiger partial charge in [-0.25, -0.2) is 0 Å². The molecule has 0 aliphatic rings. The summed E-state index contributed by atoms with van der Waals surface area (Å²) in [5.41, 5.74) is 1.22. The van der Waals surface area contributed by atoms with Gasteiger partial charge in [0.25, 0.3) is 0 Å². The highest BCUT2D eigenvalue weighted by Crippen LogP contribution is 2.03. The zero-order valence-electron chi connectivity index (χ0n) is 10.7. The van der Waals surface area contributed by atoms with E-state index in [1.54, 1.807) is 0 Å². The number of hydrogen-bond acceptors (Lipinski definition) is 2. The van der Waals surface area contributed by atoms with Crippen LogP contribution in [-0.2, 0) is 11.3 Å². The molecule has 2 heteroatoms. The second-order valence-electron chi connectivity index (χ2n) is 3.95. The first kappa shape index (κ1) is 13.8. The molecule has 0 fully saturated rings. The van der Waals surface area contributed by atoms with Crippen LogP contribution in [0.5, 0.6) is 0 Å². The highest BCUT2D eigenvalue weighted by atomic mass is 16.5. The van der Waals surface area contributed by atoms with Gasteiger partial charge < -0.3 is 10.1 Å². The van der Waals surface area contributed by atoms with Crippen LogP contribution in [0.2, 0.25) is 0 Å². The highest BCUT2D eigenvalue weighted by molar-refractivity contribution is 5.13. The molecule has 1 N–H and O–H groups in total. The summed E-state index contributed by atoms with van der Waals surface area (Å²) in [6.07, 6.45) is 1.96. The van der Waals surface area contributed by atoms with Gasteiger partial charge >= 0.3 is 0 Å². The molecule has 0 aliphatic carbocycles. The smallest absolute Gasteiger partial charge is 0.0717 e. The van der Waals surface area contributed by atoms with E-state index in [4.69, 9.17) is 4.74 Å². The van der Waals surface area contributed by atoms with Crippen molar-refractivity contribution in [2.75, 3.05) is 13.7 Å². The molecule has 1 unspecified atom stereocenters. The Kier molecular flexibility index (Phi) is 7.13. The molecule has 0 aliphatic heterocycles.